The van der Waals surface area contributed by atoms with Crippen LogP contribution in [0, 0.1) is 5.41 Å². The Kier molecular flexibility index (Phi) is 5.27. The maximum Gasteiger partial charge on any atom is 0.277 e. The molecule has 3 aromatic rings. The number of hydrogen-bond acceptors (Lipinski definition) is 6. The van der Waals surface area contributed by atoms with Gasteiger partial charge in [0.2, 0.25) is 0 Å². The highest BCUT2D eigenvalue weighted by Crippen LogP contribution is 2.53. The Balaban J connectivity index is 1.27. The lowest BCUT2D eigenvalue weighted by molar-refractivity contribution is 0.384. The monoisotopic (exact) mass is 444 g/mol. The summed E-state index contributed by atoms with van der Waals surface area (Å²) in [6.45, 7) is 2.30. The van der Waals surface area contributed by atoms with E-state index in [9.17, 15) is 4.79 Å². The lowest BCUT2D eigenvalue weighted by Gasteiger charge is -2.33. The first kappa shape index (κ1) is 20.6. The van der Waals surface area contributed by atoms with E-state index in [4.69, 9.17) is 9.97 Å². The van der Waals surface area contributed by atoms with Crippen molar-refractivity contribution in [1.82, 2.24) is 20.2 Å². The highest BCUT2D eigenvalue weighted by atomic mass is 16.1. The molecule has 3 heterocycles. The number of piperidine rings is 1. The Morgan fingerprint density at radius 2 is 1.67 bits per heavy atom. The van der Waals surface area contributed by atoms with Crippen LogP contribution in [0.4, 0.5) is 17.2 Å². The van der Waals surface area contributed by atoms with Gasteiger partial charge < -0.3 is 10.2 Å². The molecule has 1 saturated heterocycles. The molecule has 6 rings (SSSR count). The zero-order valence-electron chi connectivity index (χ0n) is 19.1. The molecule has 0 amide bonds. The van der Waals surface area contributed by atoms with Crippen molar-refractivity contribution in [3.8, 4) is 0 Å². The lowest BCUT2D eigenvalue weighted by atomic mass is 9.93. The van der Waals surface area contributed by atoms with Crippen molar-refractivity contribution in [2.75, 3.05) is 23.3 Å². The second-order valence-electron chi connectivity index (χ2n) is 10.2. The number of nitrogens with zero attached hydrogens (tertiary/aromatic N) is 4. The minimum atomic E-state index is -0.263. The van der Waals surface area contributed by atoms with E-state index in [1.165, 1.54) is 57.1 Å². The van der Waals surface area contributed by atoms with Crippen LogP contribution in [-0.2, 0) is 0 Å². The minimum Gasteiger partial charge on any atom is -0.371 e. The summed E-state index contributed by atoms with van der Waals surface area (Å²) in [6, 6.07) is 8.53. The number of aromatic amines is 1. The molecule has 0 bridgehead atoms. The number of benzene rings is 1. The van der Waals surface area contributed by atoms with E-state index in [0.717, 1.165) is 37.4 Å². The maximum absolute atomic E-state index is 12.6. The molecule has 0 radical (unpaired) electrons. The standard InChI is InChI=1S/C26H32N6O/c33-25-22-21(17-27-31-25)29-23(18-5-3-1-2-4-6-18)30-24(22)28-19-7-9-20(10-8-19)32-15-13-26(11-12-26)14-16-32/h7-10,17-18H,1-6,11-16H2,(H,31,33)(H,28,29,30). The number of H-pyrrole nitrogens is 1. The van der Waals surface area contributed by atoms with Crippen LogP contribution >= 0.6 is 0 Å². The van der Waals surface area contributed by atoms with Gasteiger partial charge in [-0.05, 0) is 68.2 Å². The molecule has 3 fully saturated rings. The van der Waals surface area contributed by atoms with Crippen molar-refractivity contribution in [2.45, 2.75) is 70.1 Å². The van der Waals surface area contributed by atoms with E-state index in [1.54, 1.807) is 6.20 Å². The average Bonchev–Trinajstić information content (AvgIpc) is 3.64. The third-order valence-corrected chi connectivity index (χ3v) is 8.03. The van der Waals surface area contributed by atoms with Gasteiger partial charge in [-0.25, -0.2) is 15.1 Å². The van der Waals surface area contributed by atoms with Crippen LogP contribution in [0.15, 0.2) is 35.3 Å². The first-order chi connectivity index (χ1) is 16.2. The Labute approximate surface area is 194 Å². The molecule has 0 unspecified atom stereocenters. The fraction of sp³-hybridized carbons (Fsp3) is 0.538. The number of fused-ring (bicyclic) bond motifs is 1. The third-order valence-electron chi connectivity index (χ3n) is 8.03. The van der Waals surface area contributed by atoms with Gasteiger partial charge in [0.1, 0.15) is 22.5 Å². The molecule has 33 heavy (non-hydrogen) atoms. The van der Waals surface area contributed by atoms with Gasteiger partial charge in [-0.3, -0.25) is 4.79 Å². The predicted molar refractivity (Wildman–Crippen MR) is 131 cm³/mol. The van der Waals surface area contributed by atoms with Crippen LogP contribution in [0.3, 0.4) is 0 Å². The quantitative estimate of drug-likeness (QED) is 0.533. The number of aromatic nitrogens is 4. The van der Waals surface area contributed by atoms with E-state index in [2.05, 4.69) is 44.7 Å². The molecular weight excluding hydrogens is 412 g/mol. The predicted octanol–water partition coefficient (Wildman–Crippen LogP) is 5.27. The topological polar surface area (TPSA) is 86.8 Å². The zero-order chi connectivity index (χ0) is 22.3. The van der Waals surface area contributed by atoms with Crippen LogP contribution in [-0.4, -0.2) is 33.3 Å². The maximum atomic E-state index is 12.6. The zero-order valence-corrected chi connectivity index (χ0v) is 19.1. The highest BCUT2D eigenvalue weighted by molar-refractivity contribution is 5.89. The summed E-state index contributed by atoms with van der Waals surface area (Å²) < 4.78 is 0. The Hall–Kier alpha value is -2.96. The molecule has 2 aromatic heterocycles. The van der Waals surface area contributed by atoms with E-state index in [1.807, 2.05) is 0 Å². The Bertz CT molecular complexity index is 1180. The van der Waals surface area contributed by atoms with Gasteiger partial charge in [0, 0.05) is 30.4 Å². The molecule has 0 atom stereocenters. The summed E-state index contributed by atoms with van der Waals surface area (Å²) in [4.78, 5) is 24.7. The molecule has 3 aliphatic rings. The summed E-state index contributed by atoms with van der Waals surface area (Å²) in [5, 5.41) is 10.4. The van der Waals surface area contributed by atoms with Crippen LogP contribution in [0.2, 0.25) is 0 Å². The second-order valence-corrected chi connectivity index (χ2v) is 10.2. The first-order valence-electron chi connectivity index (χ1n) is 12.6. The van der Waals surface area contributed by atoms with Gasteiger partial charge >= 0.3 is 0 Å². The minimum absolute atomic E-state index is 0.263. The fourth-order valence-electron chi connectivity index (χ4n) is 5.64. The largest absolute Gasteiger partial charge is 0.371 e. The fourth-order valence-corrected chi connectivity index (χ4v) is 5.64. The van der Waals surface area contributed by atoms with E-state index in [0.29, 0.717) is 28.1 Å². The molecule has 2 N–H and O–H groups in total. The van der Waals surface area contributed by atoms with E-state index in [-0.39, 0.29) is 5.56 Å². The molecule has 7 heteroatoms. The Morgan fingerprint density at radius 1 is 0.939 bits per heavy atom. The van der Waals surface area contributed by atoms with Gasteiger partial charge in [0.25, 0.3) is 5.56 Å². The van der Waals surface area contributed by atoms with Crippen molar-refractivity contribution in [3.05, 3.63) is 46.6 Å². The first-order valence-corrected chi connectivity index (χ1v) is 12.6. The average molecular weight is 445 g/mol. The molecule has 1 aromatic carbocycles. The summed E-state index contributed by atoms with van der Waals surface area (Å²) in [5.41, 5.74) is 3.22. The van der Waals surface area contributed by atoms with Gasteiger partial charge in [-0.1, -0.05) is 25.7 Å². The summed E-state index contributed by atoms with van der Waals surface area (Å²) in [5.74, 6) is 1.75. The van der Waals surface area contributed by atoms with Gasteiger partial charge in [-0.15, -0.1) is 0 Å². The van der Waals surface area contributed by atoms with Crippen molar-refractivity contribution >= 4 is 28.1 Å². The van der Waals surface area contributed by atoms with Crippen molar-refractivity contribution in [3.63, 3.8) is 0 Å². The van der Waals surface area contributed by atoms with E-state index < -0.39 is 0 Å². The normalized spacial score (nSPS) is 20.7. The number of anilines is 3. The summed E-state index contributed by atoms with van der Waals surface area (Å²) in [7, 11) is 0. The number of hydrogen-bond donors (Lipinski definition) is 2. The Morgan fingerprint density at radius 3 is 2.36 bits per heavy atom. The third kappa shape index (κ3) is 4.21. The summed E-state index contributed by atoms with van der Waals surface area (Å²) in [6.07, 6.45) is 14.3. The molecule has 172 valence electrons. The number of nitrogens with one attached hydrogen (secondary N) is 2. The SMILES string of the molecule is O=c1[nH]ncc2nc(C3CCCCCC3)nc(Nc3ccc(N4CCC5(CC4)CC5)cc3)c12. The van der Waals surface area contributed by atoms with Crippen molar-refractivity contribution in [2.24, 2.45) is 5.41 Å². The van der Waals surface area contributed by atoms with Crippen LogP contribution in [0.1, 0.15) is 76.0 Å². The molecular formula is C26H32N6O. The number of rotatable bonds is 4. The van der Waals surface area contributed by atoms with Crippen molar-refractivity contribution in [1.29, 1.82) is 0 Å². The molecule has 2 aliphatic carbocycles. The van der Waals surface area contributed by atoms with Crippen molar-refractivity contribution < 1.29 is 0 Å². The van der Waals surface area contributed by atoms with Crippen LogP contribution in [0.5, 0.6) is 0 Å². The van der Waals surface area contributed by atoms with E-state index >= 15 is 0 Å². The van der Waals surface area contributed by atoms with Gasteiger partial charge in [-0.2, -0.15) is 5.10 Å². The second kappa shape index (κ2) is 8.43. The molecule has 7 nitrogen and oxygen atoms in total. The molecule has 1 aliphatic heterocycles. The van der Waals surface area contributed by atoms with Gasteiger partial charge in [0.15, 0.2) is 0 Å². The lowest BCUT2D eigenvalue weighted by Crippen LogP contribution is -2.34. The molecule has 1 spiro atoms. The van der Waals surface area contributed by atoms with Crippen LogP contribution < -0.4 is 15.8 Å². The van der Waals surface area contributed by atoms with Gasteiger partial charge in [0.05, 0.1) is 6.20 Å². The smallest absolute Gasteiger partial charge is 0.277 e. The van der Waals surface area contributed by atoms with Crippen LogP contribution in [0.25, 0.3) is 10.9 Å². The molecule has 2 saturated carbocycles. The summed E-state index contributed by atoms with van der Waals surface area (Å²) >= 11 is 0. The highest BCUT2D eigenvalue weighted by Gasteiger charge is 2.44.